The standard InChI is InChI=1S/C25H31N3O2S/c1-27(2)21-11-13-22(14-12-21)28-24(30)17-31-25(28)19-8-5-9-20(16-19)26-23(29)15-10-18-6-3-4-7-18/h5,8-9,11-14,16,18,25H,3-4,6-7,10,15,17H2,1-2H3,(H,26,29)/t25-/m1/s1. The maximum atomic E-state index is 12.7. The fraction of sp³-hybridized carbons (Fsp3) is 0.440. The van der Waals surface area contributed by atoms with Gasteiger partial charge in [0.15, 0.2) is 0 Å². The van der Waals surface area contributed by atoms with E-state index in [1.54, 1.807) is 11.8 Å². The van der Waals surface area contributed by atoms with Crippen molar-refractivity contribution in [2.75, 3.05) is 35.0 Å². The number of rotatable bonds is 7. The molecule has 2 aliphatic rings. The Morgan fingerprint density at radius 1 is 1.13 bits per heavy atom. The monoisotopic (exact) mass is 437 g/mol. The summed E-state index contributed by atoms with van der Waals surface area (Å²) >= 11 is 1.62. The molecule has 0 bridgehead atoms. The zero-order chi connectivity index (χ0) is 21.8. The molecule has 1 saturated carbocycles. The molecule has 31 heavy (non-hydrogen) atoms. The second kappa shape index (κ2) is 9.77. The van der Waals surface area contributed by atoms with E-state index in [0.29, 0.717) is 18.1 Å². The van der Waals surface area contributed by atoms with E-state index in [-0.39, 0.29) is 17.2 Å². The Hall–Kier alpha value is -2.47. The average molecular weight is 438 g/mol. The zero-order valence-electron chi connectivity index (χ0n) is 18.3. The Morgan fingerprint density at radius 2 is 1.87 bits per heavy atom. The first kappa shape index (κ1) is 21.8. The molecule has 6 heteroatoms. The van der Waals surface area contributed by atoms with Gasteiger partial charge in [0.25, 0.3) is 0 Å². The minimum absolute atomic E-state index is 0.0790. The number of carbonyl (C=O) groups excluding carboxylic acids is 2. The second-order valence-corrected chi connectivity index (χ2v) is 9.77. The number of carbonyl (C=O) groups is 2. The van der Waals surface area contributed by atoms with Crippen molar-refractivity contribution in [3.8, 4) is 0 Å². The molecule has 0 unspecified atom stereocenters. The number of hydrogen-bond acceptors (Lipinski definition) is 4. The second-order valence-electron chi connectivity index (χ2n) is 8.70. The highest BCUT2D eigenvalue weighted by atomic mass is 32.2. The van der Waals surface area contributed by atoms with Crippen LogP contribution in [0.4, 0.5) is 17.1 Å². The Kier molecular flexibility index (Phi) is 6.86. The van der Waals surface area contributed by atoms with Crippen molar-refractivity contribution in [1.29, 1.82) is 0 Å². The molecule has 1 heterocycles. The van der Waals surface area contributed by atoms with Gasteiger partial charge in [0.2, 0.25) is 11.8 Å². The first-order valence-electron chi connectivity index (χ1n) is 11.1. The first-order valence-corrected chi connectivity index (χ1v) is 12.2. The SMILES string of the molecule is CN(C)c1ccc(N2C(=O)CS[C@@H]2c2cccc(NC(=O)CCC3CCCC3)c2)cc1. The fourth-order valence-electron chi connectivity index (χ4n) is 4.49. The molecule has 1 atom stereocenters. The van der Waals surface area contributed by atoms with Crippen molar-refractivity contribution < 1.29 is 9.59 Å². The molecular weight excluding hydrogens is 406 g/mol. The predicted molar refractivity (Wildman–Crippen MR) is 130 cm³/mol. The average Bonchev–Trinajstić information content (AvgIpc) is 3.42. The molecule has 2 aromatic rings. The zero-order valence-corrected chi connectivity index (χ0v) is 19.2. The lowest BCUT2D eigenvalue weighted by molar-refractivity contribution is -0.117. The van der Waals surface area contributed by atoms with Gasteiger partial charge < -0.3 is 10.2 Å². The molecule has 1 aliphatic heterocycles. The lowest BCUT2D eigenvalue weighted by Crippen LogP contribution is -2.27. The highest BCUT2D eigenvalue weighted by Gasteiger charge is 2.34. The molecule has 164 valence electrons. The van der Waals surface area contributed by atoms with E-state index in [1.165, 1.54) is 25.7 Å². The summed E-state index contributed by atoms with van der Waals surface area (Å²) in [7, 11) is 4.00. The molecule has 2 amide bonds. The van der Waals surface area contributed by atoms with Gasteiger partial charge in [-0.3, -0.25) is 14.5 Å². The van der Waals surface area contributed by atoms with E-state index in [9.17, 15) is 9.59 Å². The van der Waals surface area contributed by atoms with Crippen LogP contribution in [0.1, 0.15) is 49.5 Å². The summed E-state index contributed by atoms with van der Waals surface area (Å²) in [5.41, 5.74) is 3.83. The topological polar surface area (TPSA) is 52.6 Å². The van der Waals surface area contributed by atoms with Crippen molar-refractivity contribution in [1.82, 2.24) is 0 Å². The Balaban J connectivity index is 1.45. The summed E-state index contributed by atoms with van der Waals surface area (Å²) in [6.07, 6.45) is 6.70. The highest BCUT2D eigenvalue weighted by Crippen LogP contribution is 2.42. The largest absolute Gasteiger partial charge is 0.378 e. The van der Waals surface area contributed by atoms with Crippen LogP contribution < -0.4 is 15.1 Å². The van der Waals surface area contributed by atoms with E-state index in [0.717, 1.165) is 29.0 Å². The minimum atomic E-state index is -0.0898. The van der Waals surface area contributed by atoms with Gasteiger partial charge in [-0.15, -0.1) is 11.8 Å². The Bertz CT molecular complexity index is 923. The van der Waals surface area contributed by atoms with Crippen LogP contribution in [0.25, 0.3) is 0 Å². The molecule has 1 saturated heterocycles. The van der Waals surface area contributed by atoms with Crippen LogP contribution in [0.15, 0.2) is 48.5 Å². The van der Waals surface area contributed by atoms with E-state index >= 15 is 0 Å². The molecule has 1 N–H and O–H groups in total. The maximum Gasteiger partial charge on any atom is 0.238 e. The van der Waals surface area contributed by atoms with Gasteiger partial charge in [-0.1, -0.05) is 37.8 Å². The number of nitrogens with zero attached hydrogens (tertiary/aromatic N) is 2. The summed E-state index contributed by atoms with van der Waals surface area (Å²) in [6.45, 7) is 0. The van der Waals surface area contributed by atoms with Crippen LogP contribution in [-0.4, -0.2) is 31.7 Å². The van der Waals surface area contributed by atoms with Gasteiger partial charge in [-0.2, -0.15) is 0 Å². The summed E-state index contributed by atoms with van der Waals surface area (Å²) in [4.78, 5) is 29.0. The number of anilines is 3. The number of thioether (sulfide) groups is 1. The van der Waals surface area contributed by atoms with Gasteiger partial charge in [0.05, 0.1) is 5.75 Å². The number of nitrogens with one attached hydrogen (secondary N) is 1. The smallest absolute Gasteiger partial charge is 0.238 e. The van der Waals surface area contributed by atoms with Gasteiger partial charge in [-0.25, -0.2) is 0 Å². The summed E-state index contributed by atoms with van der Waals surface area (Å²) in [6, 6.07) is 16.0. The molecule has 0 spiro atoms. The van der Waals surface area contributed by atoms with Crippen molar-refractivity contribution in [2.24, 2.45) is 5.92 Å². The molecule has 5 nitrogen and oxygen atoms in total. The molecular formula is C25H31N3O2S. The van der Waals surface area contributed by atoms with Gasteiger partial charge in [0.1, 0.15) is 5.37 Å². The summed E-state index contributed by atoms with van der Waals surface area (Å²) in [5, 5.41) is 2.97. The molecule has 1 aliphatic carbocycles. The normalized spacial score (nSPS) is 19.1. The minimum Gasteiger partial charge on any atom is -0.378 e. The van der Waals surface area contributed by atoms with Crippen molar-refractivity contribution >= 4 is 40.6 Å². The van der Waals surface area contributed by atoms with E-state index in [1.807, 2.05) is 72.4 Å². The predicted octanol–water partition coefficient (Wildman–Crippen LogP) is 5.44. The highest BCUT2D eigenvalue weighted by molar-refractivity contribution is 8.00. The fourth-order valence-corrected chi connectivity index (χ4v) is 5.66. The van der Waals surface area contributed by atoms with Gasteiger partial charge >= 0.3 is 0 Å². The van der Waals surface area contributed by atoms with Crippen molar-refractivity contribution in [2.45, 2.75) is 43.9 Å². The van der Waals surface area contributed by atoms with Crippen molar-refractivity contribution in [3.05, 3.63) is 54.1 Å². The third-order valence-electron chi connectivity index (χ3n) is 6.22. The first-order chi connectivity index (χ1) is 15.0. The van der Waals surface area contributed by atoms with Crippen LogP contribution in [0.5, 0.6) is 0 Å². The summed E-state index contributed by atoms with van der Waals surface area (Å²) < 4.78 is 0. The third kappa shape index (κ3) is 5.24. The summed E-state index contributed by atoms with van der Waals surface area (Å²) in [5.74, 6) is 1.36. The van der Waals surface area contributed by atoms with Crippen LogP contribution in [0.2, 0.25) is 0 Å². The lowest BCUT2D eigenvalue weighted by atomic mass is 10.0. The van der Waals surface area contributed by atoms with E-state index in [4.69, 9.17) is 0 Å². The van der Waals surface area contributed by atoms with Crippen LogP contribution >= 0.6 is 11.8 Å². The quantitative estimate of drug-likeness (QED) is 0.627. The maximum absolute atomic E-state index is 12.7. The molecule has 2 fully saturated rings. The van der Waals surface area contributed by atoms with Gasteiger partial charge in [-0.05, 0) is 54.3 Å². The van der Waals surface area contributed by atoms with Crippen LogP contribution in [0.3, 0.4) is 0 Å². The van der Waals surface area contributed by atoms with E-state index in [2.05, 4.69) is 5.32 Å². The number of hydrogen-bond donors (Lipinski definition) is 1. The number of amides is 2. The number of benzene rings is 2. The van der Waals surface area contributed by atoms with Crippen LogP contribution in [0, 0.1) is 5.92 Å². The lowest BCUT2D eigenvalue weighted by Gasteiger charge is -2.25. The molecule has 0 aromatic heterocycles. The molecule has 2 aromatic carbocycles. The third-order valence-corrected chi connectivity index (χ3v) is 7.43. The molecule has 0 radical (unpaired) electrons. The van der Waals surface area contributed by atoms with E-state index < -0.39 is 0 Å². The van der Waals surface area contributed by atoms with Crippen LogP contribution in [-0.2, 0) is 9.59 Å². The Labute approximate surface area is 189 Å². The van der Waals surface area contributed by atoms with Crippen molar-refractivity contribution in [3.63, 3.8) is 0 Å². The Morgan fingerprint density at radius 3 is 2.58 bits per heavy atom. The molecule has 4 rings (SSSR count). The van der Waals surface area contributed by atoms with Gasteiger partial charge in [0, 0.05) is 37.6 Å².